The number of aliphatic carboxylic acids is 1. The molecule has 0 radical (unpaired) electrons. The fraction of sp³-hybridized carbons (Fsp3) is 0.150. The van der Waals surface area contributed by atoms with E-state index in [1.165, 1.54) is 6.07 Å². The van der Waals surface area contributed by atoms with Crippen molar-refractivity contribution in [2.24, 2.45) is 0 Å². The molecule has 1 aliphatic heterocycles. The van der Waals surface area contributed by atoms with Crippen LogP contribution in [0.5, 0.6) is 0 Å². The number of hydrogen-bond donors (Lipinski definition) is 2. The molecule has 0 fully saturated rings. The van der Waals surface area contributed by atoms with Gasteiger partial charge in [0.25, 0.3) is 5.56 Å². The average Bonchev–Trinajstić information content (AvgIpc) is 3.07. The van der Waals surface area contributed by atoms with Crippen LogP contribution in [0.1, 0.15) is 27.5 Å². The fourth-order valence-corrected chi connectivity index (χ4v) is 4.85. The van der Waals surface area contributed by atoms with E-state index in [2.05, 4.69) is 0 Å². The van der Waals surface area contributed by atoms with Crippen LogP contribution in [-0.4, -0.2) is 32.5 Å². The van der Waals surface area contributed by atoms with Gasteiger partial charge in [-0.05, 0) is 28.3 Å². The van der Waals surface area contributed by atoms with Gasteiger partial charge in [-0.25, -0.2) is 9.59 Å². The summed E-state index contributed by atoms with van der Waals surface area (Å²) in [6, 6.07) is 13.8. The number of aromatic nitrogens is 1. The molecule has 3 aromatic rings. The summed E-state index contributed by atoms with van der Waals surface area (Å²) < 4.78 is 1.09. The topological polar surface area (TPSA) is 96.6 Å². The van der Waals surface area contributed by atoms with E-state index in [1.54, 1.807) is 0 Å². The molecule has 7 heteroatoms. The zero-order valence-corrected chi connectivity index (χ0v) is 14.9. The normalized spacial score (nSPS) is 15.6. The van der Waals surface area contributed by atoms with Crippen molar-refractivity contribution in [3.8, 4) is 0 Å². The Kier molecular flexibility index (Phi) is 4.24. The molecule has 0 aliphatic carbocycles. The number of carboxylic acids is 2. The lowest BCUT2D eigenvalue weighted by atomic mass is 9.96. The number of aromatic carboxylic acids is 1. The van der Waals surface area contributed by atoms with Crippen molar-refractivity contribution in [3.05, 3.63) is 75.6 Å². The van der Waals surface area contributed by atoms with Crippen LogP contribution in [-0.2, 0) is 11.2 Å². The second kappa shape index (κ2) is 6.59. The molecule has 0 amide bonds. The van der Waals surface area contributed by atoms with E-state index in [-0.39, 0.29) is 22.8 Å². The standard InChI is InChI=1S/C20H15NO5S/c22-16-9-13(8-12-6-3-5-11-4-1-2-7-14(11)12)17(20(25)26)18-21(16)15(10-27-18)19(23)24/h1-7,9,15H,8,10H2,(H,23,24)(H,25,26). The molecule has 1 aliphatic rings. The summed E-state index contributed by atoms with van der Waals surface area (Å²) >= 11 is 1.10. The molecule has 1 unspecified atom stereocenters. The van der Waals surface area contributed by atoms with Crippen molar-refractivity contribution in [2.45, 2.75) is 17.5 Å². The summed E-state index contributed by atoms with van der Waals surface area (Å²) in [7, 11) is 0. The Morgan fingerprint density at radius 3 is 2.56 bits per heavy atom. The Morgan fingerprint density at radius 1 is 1.07 bits per heavy atom. The minimum Gasteiger partial charge on any atom is -0.480 e. The first-order chi connectivity index (χ1) is 13.0. The third-order valence-electron chi connectivity index (χ3n) is 4.74. The maximum absolute atomic E-state index is 12.6. The molecule has 0 bridgehead atoms. The van der Waals surface area contributed by atoms with E-state index in [4.69, 9.17) is 0 Å². The van der Waals surface area contributed by atoms with E-state index in [9.17, 15) is 24.6 Å². The second-order valence-electron chi connectivity index (χ2n) is 6.34. The van der Waals surface area contributed by atoms with E-state index in [1.807, 2.05) is 42.5 Å². The van der Waals surface area contributed by atoms with Gasteiger partial charge < -0.3 is 10.2 Å². The Labute approximate surface area is 158 Å². The first-order valence-electron chi connectivity index (χ1n) is 8.31. The number of pyridine rings is 1. The highest BCUT2D eigenvalue weighted by molar-refractivity contribution is 7.99. The van der Waals surface area contributed by atoms with Gasteiger partial charge in [-0.2, -0.15) is 0 Å². The van der Waals surface area contributed by atoms with Crippen molar-refractivity contribution in [1.82, 2.24) is 4.57 Å². The molecule has 1 atom stereocenters. The molecule has 2 aromatic carbocycles. The molecule has 2 heterocycles. The molecule has 0 saturated carbocycles. The van der Waals surface area contributed by atoms with Crippen LogP contribution in [0.25, 0.3) is 10.8 Å². The third-order valence-corrected chi connectivity index (χ3v) is 5.89. The van der Waals surface area contributed by atoms with Crippen molar-refractivity contribution in [1.29, 1.82) is 0 Å². The van der Waals surface area contributed by atoms with Crippen LogP contribution in [0, 0.1) is 0 Å². The van der Waals surface area contributed by atoms with E-state index >= 15 is 0 Å². The molecule has 6 nitrogen and oxygen atoms in total. The van der Waals surface area contributed by atoms with Gasteiger partial charge >= 0.3 is 11.9 Å². The number of hydrogen-bond acceptors (Lipinski definition) is 4. The van der Waals surface area contributed by atoms with Gasteiger partial charge in [0.05, 0.1) is 10.6 Å². The number of benzene rings is 2. The Bertz CT molecular complexity index is 1150. The number of thioether (sulfide) groups is 1. The van der Waals surface area contributed by atoms with Gasteiger partial charge in [-0.1, -0.05) is 42.5 Å². The zero-order valence-electron chi connectivity index (χ0n) is 14.1. The highest BCUT2D eigenvalue weighted by atomic mass is 32.2. The van der Waals surface area contributed by atoms with E-state index in [0.29, 0.717) is 5.56 Å². The molecular weight excluding hydrogens is 366 g/mol. The summed E-state index contributed by atoms with van der Waals surface area (Å²) in [5.74, 6) is -2.16. The first-order valence-corrected chi connectivity index (χ1v) is 9.30. The number of carboxylic acid groups (broad SMARTS) is 2. The van der Waals surface area contributed by atoms with E-state index < -0.39 is 23.5 Å². The number of nitrogens with zero attached hydrogens (tertiary/aromatic N) is 1. The maximum atomic E-state index is 12.6. The van der Waals surface area contributed by atoms with Crippen LogP contribution in [0.15, 0.2) is 58.4 Å². The van der Waals surface area contributed by atoms with Crippen LogP contribution >= 0.6 is 11.8 Å². The number of rotatable bonds is 4. The van der Waals surface area contributed by atoms with Gasteiger partial charge in [0.1, 0.15) is 6.04 Å². The summed E-state index contributed by atoms with van der Waals surface area (Å²) in [4.78, 5) is 35.9. The van der Waals surface area contributed by atoms with Crippen LogP contribution in [0.3, 0.4) is 0 Å². The smallest absolute Gasteiger partial charge is 0.338 e. The van der Waals surface area contributed by atoms with Gasteiger partial charge in [0, 0.05) is 11.8 Å². The minimum atomic E-state index is -1.16. The quantitative estimate of drug-likeness (QED) is 0.721. The molecular formula is C20H15NO5S. The molecule has 2 N–H and O–H groups in total. The predicted octanol–water partition coefficient (Wildman–Crippen LogP) is 3.02. The van der Waals surface area contributed by atoms with Crippen molar-refractivity contribution in [2.75, 3.05) is 5.75 Å². The molecule has 136 valence electrons. The lowest BCUT2D eigenvalue weighted by Crippen LogP contribution is -2.30. The van der Waals surface area contributed by atoms with Crippen molar-refractivity contribution >= 4 is 34.5 Å². The second-order valence-corrected chi connectivity index (χ2v) is 7.35. The number of fused-ring (bicyclic) bond motifs is 2. The SMILES string of the molecule is O=C(O)c1c(Cc2cccc3ccccc23)cc(=O)n2c1SCC2C(=O)O. The van der Waals surface area contributed by atoms with Gasteiger partial charge in [-0.3, -0.25) is 9.36 Å². The first kappa shape index (κ1) is 17.4. The van der Waals surface area contributed by atoms with Gasteiger partial charge in [0.15, 0.2) is 0 Å². The lowest BCUT2D eigenvalue weighted by Gasteiger charge is -2.14. The maximum Gasteiger partial charge on any atom is 0.338 e. The molecule has 4 rings (SSSR count). The third kappa shape index (κ3) is 2.90. The summed E-state index contributed by atoms with van der Waals surface area (Å²) in [5.41, 5.74) is 0.838. The molecule has 27 heavy (non-hydrogen) atoms. The minimum absolute atomic E-state index is 0.0104. The molecule has 1 aromatic heterocycles. The predicted molar refractivity (Wildman–Crippen MR) is 102 cm³/mol. The van der Waals surface area contributed by atoms with Gasteiger partial charge in [-0.15, -0.1) is 11.8 Å². The zero-order chi connectivity index (χ0) is 19.1. The largest absolute Gasteiger partial charge is 0.480 e. The average molecular weight is 381 g/mol. The Hall–Kier alpha value is -3.06. The van der Waals surface area contributed by atoms with Crippen molar-refractivity contribution < 1.29 is 19.8 Å². The van der Waals surface area contributed by atoms with Gasteiger partial charge in [0.2, 0.25) is 0 Å². The van der Waals surface area contributed by atoms with Crippen LogP contribution < -0.4 is 5.56 Å². The Balaban J connectivity index is 1.89. The van der Waals surface area contributed by atoms with Crippen molar-refractivity contribution in [3.63, 3.8) is 0 Å². The summed E-state index contributed by atoms with van der Waals surface area (Å²) in [6.07, 6.45) is 0.282. The molecule has 0 spiro atoms. The van der Waals surface area contributed by atoms with Crippen LogP contribution in [0.4, 0.5) is 0 Å². The summed E-state index contributed by atoms with van der Waals surface area (Å²) in [6.45, 7) is 0. The number of carbonyl (C=O) groups is 2. The van der Waals surface area contributed by atoms with Crippen LogP contribution in [0.2, 0.25) is 0 Å². The highest BCUT2D eigenvalue weighted by Crippen LogP contribution is 2.36. The lowest BCUT2D eigenvalue weighted by molar-refractivity contribution is -0.140. The summed E-state index contributed by atoms with van der Waals surface area (Å²) in [5, 5.41) is 21.3. The molecule has 0 saturated heterocycles. The Morgan fingerprint density at radius 2 is 1.81 bits per heavy atom. The monoisotopic (exact) mass is 381 g/mol. The van der Waals surface area contributed by atoms with E-state index in [0.717, 1.165) is 32.7 Å². The highest BCUT2D eigenvalue weighted by Gasteiger charge is 2.34. The fourth-order valence-electron chi connectivity index (χ4n) is 3.52.